The first kappa shape index (κ1) is 12.1. The van der Waals surface area contributed by atoms with Gasteiger partial charge in [0.25, 0.3) is 5.91 Å². The van der Waals surface area contributed by atoms with Crippen molar-refractivity contribution in [2.45, 2.75) is 31.7 Å². The van der Waals surface area contributed by atoms with Crippen molar-refractivity contribution in [3.05, 3.63) is 29.6 Å². The Hall–Kier alpha value is -1.91. The highest BCUT2D eigenvalue weighted by atomic mass is 16.4. The average Bonchev–Trinajstić information content (AvgIpc) is 3.29. The van der Waals surface area contributed by atoms with Crippen LogP contribution in [0.5, 0.6) is 0 Å². The van der Waals surface area contributed by atoms with Crippen LogP contribution in [-0.2, 0) is 0 Å². The number of hydrogen-bond acceptors (Lipinski definition) is 3. The molecular weight excluding hydrogens is 244 g/mol. The summed E-state index contributed by atoms with van der Waals surface area (Å²) in [4.78, 5) is 26.7. The predicted octanol–water partition coefficient (Wildman–Crippen LogP) is 1.70. The van der Waals surface area contributed by atoms with Gasteiger partial charge in [-0.3, -0.25) is 4.79 Å². The molecule has 1 amide bonds. The largest absolute Gasteiger partial charge is 0.477 e. The van der Waals surface area contributed by atoms with E-state index in [2.05, 4.69) is 10.3 Å². The molecule has 5 heteroatoms. The first-order chi connectivity index (χ1) is 9.15. The summed E-state index contributed by atoms with van der Waals surface area (Å²) in [6.07, 6.45) is 6.13. The Bertz CT molecular complexity index is 509. The maximum atomic E-state index is 12.2. The maximum Gasteiger partial charge on any atom is 0.354 e. The first-order valence-electron chi connectivity index (χ1n) is 6.65. The van der Waals surface area contributed by atoms with Crippen LogP contribution in [0.1, 0.15) is 46.5 Å². The summed E-state index contributed by atoms with van der Waals surface area (Å²) in [6, 6.07) is 3.15. The van der Waals surface area contributed by atoms with E-state index in [0.29, 0.717) is 17.4 Å². The Kier molecular flexibility index (Phi) is 2.97. The van der Waals surface area contributed by atoms with Crippen LogP contribution in [0, 0.1) is 11.8 Å². The lowest BCUT2D eigenvalue weighted by Gasteiger charge is -2.17. The molecule has 0 radical (unpaired) electrons. The fraction of sp³-hybridized carbons (Fsp3) is 0.500. The van der Waals surface area contributed by atoms with Gasteiger partial charge in [0, 0.05) is 17.8 Å². The predicted molar refractivity (Wildman–Crippen MR) is 67.9 cm³/mol. The normalized spacial score (nSPS) is 18.4. The van der Waals surface area contributed by atoms with Crippen molar-refractivity contribution in [2.24, 2.45) is 11.8 Å². The van der Waals surface area contributed by atoms with Gasteiger partial charge in [-0.05, 0) is 49.7 Å². The second-order valence-electron chi connectivity index (χ2n) is 5.41. The lowest BCUT2D eigenvalue weighted by atomic mass is 10.1. The van der Waals surface area contributed by atoms with E-state index >= 15 is 0 Å². The fourth-order valence-corrected chi connectivity index (χ4v) is 2.45. The van der Waals surface area contributed by atoms with Crippen molar-refractivity contribution in [3.63, 3.8) is 0 Å². The lowest BCUT2D eigenvalue weighted by Crippen LogP contribution is -2.38. The molecule has 0 spiro atoms. The van der Waals surface area contributed by atoms with Crippen LogP contribution in [0.2, 0.25) is 0 Å². The second kappa shape index (κ2) is 4.64. The number of amides is 1. The van der Waals surface area contributed by atoms with Crippen molar-refractivity contribution in [3.8, 4) is 0 Å². The van der Waals surface area contributed by atoms with E-state index in [1.54, 1.807) is 6.07 Å². The van der Waals surface area contributed by atoms with Crippen LogP contribution in [0.25, 0.3) is 0 Å². The number of nitrogens with one attached hydrogen (secondary N) is 1. The molecule has 2 aliphatic rings. The van der Waals surface area contributed by atoms with E-state index in [-0.39, 0.29) is 17.6 Å². The van der Waals surface area contributed by atoms with Gasteiger partial charge in [0.1, 0.15) is 5.69 Å². The molecule has 0 atom stereocenters. The van der Waals surface area contributed by atoms with E-state index in [1.165, 1.54) is 37.9 Å². The van der Waals surface area contributed by atoms with Crippen LogP contribution in [0.3, 0.4) is 0 Å². The minimum absolute atomic E-state index is 0.0953. The van der Waals surface area contributed by atoms with E-state index in [9.17, 15) is 9.59 Å². The SMILES string of the molecule is O=C(NC(C1CC1)C1CC1)c1ccnc(C(=O)O)c1. The third kappa shape index (κ3) is 2.75. The maximum absolute atomic E-state index is 12.2. The smallest absolute Gasteiger partial charge is 0.354 e. The summed E-state index contributed by atoms with van der Waals surface area (Å²) in [5, 5.41) is 11.9. The van der Waals surface area contributed by atoms with Crippen LogP contribution < -0.4 is 5.32 Å². The molecule has 1 aromatic heterocycles. The van der Waals surface area contributed by atoms with Gasteiger partial charge < -0.3 is 10.4 Å². The minimum Gasteiger partial charge on any atom is -0.477 e. The number of carbonyl (C=O) groups is 2. The number of carboxylic acid groups (broad SMARTS) is 1. The molecule has 3 rings (SSSR count). The quantitative estimate of drug-likeness (QED) is 0.844. The third-order valence-electron chi connectivity index (χ3n) is 3.80. The molecule has 0 aromatic carbocycles. The first-order valence-corrected chi connectivity index (χ1v) is 6.65. The van der Waals surface area contributed by atoms with Gasteiger partial charge >= 0.3 is 5.97 Å². The number of carboxylic acids is 1. The van der Waals surface area contributed by atoms with Crippen molar-refractivity contribution < 1.29 is 14.7 Å². The van der Waals surface area contributed by atoms with Gasteiger partial charge in [-0.25, -0.2) is 9.78 Å². The van der Waals surface area contributed by atoms with E-state index in [0.717, 1.165) is 0 Å². The Balaban J connectivity index is 1.72. The second-order valence-corrected chi connectivity index (χ2v) is 5.41. The lowest BCUT2D eigenvalue weighted by molar-refractivity contribution is 0.0690. The van der Waals surface area contributed by atoms with Gasteiger partial charge in [0.15, 0.2) is 0 Å². The number of nitrogens with zero attached hydrogens (tertiary/aromatic N) is 1. The highest BCUT2D eigenvalue weighted by Gasteiger charge is 2.42. The van der Waals surface area contributed by atoms with Crippen molar-refractivity contribution in [1.82, 2.24) is 10.3 Å². The van der Waals surface area contributed by atoms with E-state index in [4.69, 9.17) is 5.11 Å². The third-order valence-corrected chi connectivity index (χ3v) is 3.80. The summed E-state index contributed by atoms with van der Waals surface area (Å²) in [6.45, 7) is 0. The summed E-state index contributed by atoms with van der Waals surface area (Å²) < 4.78 is 0. The van der Waals surface area contributed by atoms with E-state index in [1.807, 2.05) is 0 Å². The summed E-state index contributed by atoms with van der Waals surface area (Å²) >= 11 is 0. The topological polar surface area (TPSA) is 79.3 Å². The zero-order chi connectivity index (χ0) is 13.4. The van der Waals surface area contributed by atoms with Crippen LogP contribution in [0.4, 0.5) is 0 Å². The molecule has 19 heavy (non-hydrogen) atoms. The molecule has 2 fully saturated rings. The van der Waals surface area contributed by atoms with Gasteiger partial charge in [-0.15, -0.1) is 0 Å². The molecule has 0 saturated heterocycles. The van der Waals surface area contributed by atoms with Crippen molar-refractivity contribution >= 4 is 11.9 Å². The van der Waals surface area contributed by atoms with Crippen LogP contribution in [0.15, 0.2) is 18.3 Å². The number of aromatic carboxylic acids is 1. The Morgan fingerprint density at radius 2 is 1.89 bits per heavy atom. The molecule has 0 aliphatic heterocycles. The molecule has 2 aliphatic carbocycles. The molecule has 0 unspecified atom stereocenters. The standard InChI is InChI=1S/C14H16N2O3/c17-13(10-5-6-15-11(7-10)14(18)19)16-12(8-1-2-8)9-3-4-9/h5-9,12H,1-4H2,(H,16,17)(H,18,19). The van der Waals surface area contributed by atoms with E-state index < -0.39 is 5.97 Å². The van der Waals surface area contributed by atoms with Gasteiger partial charge in [-0.2, -0.15) is 0 Å². The molecular formula is C14H16N2O3. The number of carbonyl (C=O) groups excluding carboxylic acids is 1. The average molecular weight is 260 g/mol. The van der Waals surface area contributed by atoms with Gasteiger partial charge in [0.2, 0.25) is 0 Å². The molecule has 100 valence electrons. The van der Waals surface area contributed by atoms with Crippen LogP contribution >= 0.6 is 0 Å². The highest BCUT2D eigenvalue weighted by molar-refractivity contribution is 5.96. The van der Waals surface area contributed by atoms with Crippen molar-refractivity contribution in [2.75, 3.05) is 0 Å². The molecule has 0 bridgehead atoms. The summed E-state index contributed by atoms with van der Waals surface area (Å²) in [5.74, 6) is -0.0567. The zero-order valence-corrected chi connectivity index (χ0v) is 10.5. The van der Waals surface area contributed by atoms with Gasteiger partial charge in [0.05, 0.1) is 0 Å². The zero-order valence-electron chi connectivity index (χ0n) is 10.5. The molecule has 1 aromatic rings. The Morgan fingerprint density at radius 3 is 2.42 bits per heavy atom. The Labute approximate surface area is 111 Å². The summed E-state index contributed by atoms with van der Waals surface area (Å²) in [5.41, 5.74) is 0.278. The van der Waals surface area contributed by atoms with Crippen molar-refractivity contribution in [1.29, 1.82) is 0 Å². The number of aromatic nitrogens is 1. The molecule has 1 heterocycles. The van der Waals surface area contributed by atoms with Crippen LogP contribution in [-0.4, -0.2) is 28.0 Å². The number of rotatable bonds is 5. The molecule has 2 N–H and O–H groups in total. The van der Waals surface area contributed by atoms with Gasteiger partial charge in [-0.1, -0.05) is 0 Å². The number of hydrogen-bond donors (Lipinski definition) is 2. The monoisotopic (exact) mass is 260 g/mol. The summed E-state index contributed by atoms with van der Waals surface area (Å²) in [7, 11) is 0. The molecule has 5 nitrogen and oxygen atoms in total. The fourth-order valence-electron chi connectivity index (χ4n) is 2.45. The highest BCUT2D eigenvalue weighted by Crippen LogP contribution is 2.44. The molecule has 2 saturated carbocycles. The number of pyridine rings is 1. The minimum atomic E-state index is -1.12. The Morgan fingerprint density at radius 1 is 1.26 bits per heavy atom.